The first-order valence-electron chi connectivity index (χ1n) is 13.8. The first-order valence-corrected chi connectivity index (χ1v) is 13.8. The molecule has 2 aromatic rings. The van der Waals surface area contributed by atoms with Gasteiger partial charge in [0.1, 0.15) is 0 Å². The molecule has 0 aromatic heterocycles. The molecule has 0 spiro atoms. The Labute approximate surface area is 225 Å². The summed E-state index contributed by atoms with van der Waals surface area (Å²) in [5.41, 5.74) is 3.80. The Morgan fingerprint density at radius 3 is 2.05 bits per heavy atom. The van der Waals surface area contributed by atoms with Crippen LogP contribution in [0.1, 0.15) is 59.9 Å². The summed E-state index contributed by atoms with van der Waals surface area (Å²) in [6.45, 7) is 12.0. The van der Waals surface area contributed by atoms with E-state index >= 15 is 0 Å². The molecule has 38 heavy (non-hydrogen) atoms. The molecule has 2 heterocycles. The molecular weight excluding hydrogens is 478 g/mol. The number of carbonyl (C=O) groups is 3. The fourth-order valence-corrected chi connectivity index (χ4v) is 5.17. The van der Waals surface area contributed by atoms with Crippen molar-refractivity contribution in [1.82, 2.24) is 15.1 Å². The highest BCUT2D eigenvalue weighted by Crippen LogP contribution is 2.33. The summed E-state index contributed by atoms with van der Waals surface area (Å²) in [5.74, 6) is 0.258. The molecule has 0 bridgehead atoms. The molecule has 3 fully saturated rings. The van der Waals surface area contributed by atoms with E-state index in [9.17, 15) is 14.4 Å². The maximum absolute atomic E-state index is 13.3. The quantitative estimate of drug-likeness (QED) is 0.636. The maximum Gasteiger partial charge on any atom is 0.255 e. The molecule has 2 aliphatic heterocycles. The summed E-state index contributed by atoms with van der Waals surface area (Å²) < 4.78 is 0. The molecule has 5 rings (SSSR count). The van der Waals surface area contributed by atoms with Crippen LogP contribution in [0.5, 0.6) is 0 Å². The Morgan fingerprint density at radius 2 is 1.45 bits per heavy atom. The minimum atomic E-state index is -0.207. The number of benzene rings is 2. The summed E-state index contributed by atoms with van der Waals surface area (Å²) in [6.07, 6.45) is 2.02. The average Bonchev–Trinajstić information content (AvgIpc) is 3.78. The smallest absolute Gasteiger partial charge is 0.255 e. The number of amides is 3. The lowest BCUT2D eigenvalue weighted by atomic mass is 9.86. The highest BCUT2D eigenvalue weighted by atomic mass is 16.2. The molecule has 2 N–H and O–H groups in total. The van der Waals surface area contributed by atoms with Gasteiger partial charge in [-0.2, -0.15) is 0 Å². The van der Waals surface area contributed by atoms with Gasteiger partial charge in [-0.3, -0.25) is 14.4 Å². The van der Waals surface area contributed by atoms with E-state index in [0.29, 0.717) is 56.1 Å². The molecule has 3 aliphatic rings. The van der Waals surface area contributed by atoms with Crippen molar-refractivity contribution in [2.45, 2.75) is 39.0 Å². The zero-order valence-corrected chi connectivity index (χ0v) is 22.8. The predicted molar refractivity (Wildman–Crippen MR) is 150 cm³/mol. The van der Waals surface area contributed by atoms with Crippen LogP contribution < -0.4 is 15.5 Å². The highest BCUT2D eigenvalue weighted by Gasteiger charge is 2.35. The van der Waals surface area contributed by atoms with Gasteiger partial charge in [-0.05, 0) is 54.2 Å². The number of rotatable bonds is 5. The third kappa shape index (κ3) is 5.85. The zero-order chi connectivity index (χ0) is 26.9. The molecule has 1 saturated carbocycles. The molecule has 8 nitrogen and oxygen atoms in total. The Morgan fingerprint density at radius 1 is 0.816 bits per heavy atom. The van der Waals surface area contributed by atoms with Crippen molar-refractivity contribution in [1.29, 1.82) is 0 Å². The van der Waals surface area contributed by atoms with Crippen LogP contribution in [0.15, 0.2) is 42.5 Å². The number of anilines is 2. The van der Waals surface area contributed by atoms with E-state index < -0.39 is 0 Å². The summed E-state index contributed by atoms with van der Waals surface area (Å²) in [5, 5.41) is 6.38. The zero-order valence-electron chi connectivity index (χ0n) is 22.8. The van der Waals surface area contributed by atoms with Gasteiger partial charge in [0.05, 0.1) is 11.4 Å². The van der Waals surface area contributed by atoms with Crippen molar-refractivity contribution in [2.24, 2.45) is 5.92 Å². The molecule has 8 heteroatoms. The fraction of sp³-hybridized carbons (Fsp3) is 0.500. The number of piperazine rings is 2. The van der Waals surface area contributed by atoms with Gasteiger partial charge in [-0.25, -0.2) is 0 Å². The van der Waals surface area contributed by atoms with Crippen LogP contribution in [0.3, 0.4) is 0 Å². The van der Waals surface area contributed by atoms with Gasteiger partial charge in [-0.15, -0.1) is 0 Å². The van der Waals surface area contributed by atoms with Crippen molar-refractivity contribution in [3.8, 4) is 0 Å². The van der Waals surface area contributed by atoms with Crippen LogP contribution in [0.2, 0.25) is 0 Å². The van der Waals surface area contributed by atoms with Gasteiger partial charge in [-0.1, -0.05) is 32.9 Å². The first kappa shape index (κ1) is 26.2. The molecule has 2 saturated heterocycles. The predicted octanol–water partition coefficient (Wildman–Crippen LogP) is 3.34. The van der Waals surface area contributed by atoms with E-state index in [1.807, 2.05) is 52.3 Å². The number of carbonyl (C=O) groups excluding carboxylic acids is 3. The lowest BCUT2D eigenvalue weighted by Crippen LogP contribution is -2.49. The van der Waals surface area contributed by atoms with E-state index in [4.69, 9.17) is 0 Å². The second-order valence-corrected chi connectivity index (χ2v) is 11.6. The topological polar surface area (TPSA) is 85.0 Å². The van der Waals surface area contributed by atoms with E-state index in [0.717, 1.165) is 37.2 Å². The van der Waals surface area contributed by atoms with Crippen LogP contribution >= 0.6 is 0 Å². The van der Waals surface area contributed by atoms with Gasteiger partial charge >= 0.3 is 0 Å². The van der Waals surface area contributed by atoms with Crippen molar-refractivity contribution < 1.29 is 14.4 Å². The van der Waals surface area contributed by atoms with Crippen molar-refractivity contribution in [3.05, 3.63) is 59.2 Å². The lowest BCUT2D eigenvalue weighted by molar-refractivity contribution is -0.132. The fourth-order valence-electron chi connectivity index (χ4n) is 5.17. The molecule has 0 unspecified atom stereocenters. The monoisotopic (exact) mass is 517 g/mol. The second-order valence-electron chi connectivity index (χ2n) is 11.6. The Bertz CT molecular complexity index is 1190. The van der Waals surface area contributed by atoms with E-state index in [2.05, 4.69) is 36.3 Å². The summed E-state index contributed by atoms with van der Waals surface area (Å²) >= 11 is 0. The molecule has 202 valence electrons. The van der Waals surface area contributed by atoms with E-state index in [-0.39, 0.29) is 29.1 Å². The SMILES string of the molecule is CC(C)(C)c1ccc(C(=O)Nc2cc(C(=O)N3CCNCC3)ccc2N2CCN(C(=O)C3CC3)CC2)cc1. The summed E-state index contributed by atoms with van der Waals surface area (Å²) in [6, 6.07) is 13.3. The van der Waals surface area contributed by atoms with Gasteiger partial charge in [0.15, 0.2) is 0 Å². The molecule has 0 radical (unpaired) electrons. The minimum Gasteiger partial charge on any atom is -0.366 e. The van der Waals surface area contributed by atoms with Crippen molar-refractivity contribution in [3.63, 3.8) is 0 Å². The number of nitrogens with one attached hydrogen (secondary N) is 2. The van der Waals surface area contributed by atoms with E-state index in [1.54, 1.807) is 0 Å². The molecule has 0 atom stereocenters. The van der Waals surface area contributed by atoms with E-state index in [1.165, 1.54) is 0 Å². The molecule has 2 aromatic carbocycles. The largest absolute Gasteiger partial charge is 0.366 e. The first-order chi connectivity index (χ1) is 18.2. The van der Waals surface area contributed by atoms with Crippen LogP contribution in [0.4, 0.5) is 11.4 Å². The third-order valence-electron chi connectivity index (χ3n) is 7.77. The van der Waals surface area contributed by atoms with Gasteiger partial charge in [0.25, 0.3) is 11.8 Å². The second kappa shape index (κ2) is 10.8. The third-order valence-corrected chi connectivity index (χ3v) is 7.77. The molecule has 3 amide bonds. The van der Waals surface area contributed by atoms with Gasteiger partial charge in [0, 0.05) is 69.4 Å². The molecule has 1 aliphatic carbocycles. The van der Waals surface area contributed by atoms with Crippen LogP contribution in [0.25, 0.3) is 0 Å². The van der Waals surface area contributed by atoms with Crippen molar-refractivity contribution >= 4 is 29.1 Å². The standard InChI is InChI=1S/C30H39N5O3/c1-30(2,3)24-9-6-21(7-10-24)27(36)32-25-20-23(29(38)34-14-12-31-13-15-34)8-11-26(25)33-16-18-35(19-17-33)28(37)22-4-5-22/h6-11,20,22,31H,4-5,12-19H2,1-3H3,(H,32,36). The van der Waals surface area contributed by atoms with Crippen LogP contribution in [-0.2, 0) is 10.2 Å². The Kier molecular flexibility index (Phi) is 7.43. The van der Waals surface area contributed by atoms with Crippen LogP contribution in [-0.4, -0.2) is 79.9 Å². The number of hydrogen-bond donors (Lipinski definition) is 2. The summed E-state index contributed by atoms with van der Waals surface area (Å²) in [7, 11) is 0. The van der Waals surface area contributed by atoms with Crippen molar-refractivity contribution in [2.75, 3.05) is 62.6 Å². The normalized spacial score (nSPS) is 18.3. The lowest BCUT2D eigenvalue weighted by Gasteiger charge is -2.37. The Hall–Kier alpha value is -3.39. The van der Waals surface area contributed by atoms with Gasteiger partial charge < -0.3 is 25.3 Å². The van der Waals surface area contributed by atoms with Gasteiger partial charge in [0.2, 0.25) is 5.91 Å². The maximum atomic E-state index is 13.3. The number of nitrogens with zero attached hydrogens (tertiary/aromatic N) is 3. The highest BCUT2D eigenvalue weighted by molar-refractivity contribution is 6.07. The molecular formula is C30H39N5O3. The summed E-state index contributed by atoms with van der Waals surface area (Å²) in [4.78, 5) is 45.1. The Balaban J connectivity index is 1.37. The number of hydrogen-bond acceptors (Lipinski definition) is 5. The van der Waals surface area contributed by atoms with Crippen LogP contribution in [0, 0.1) is 5.92 Å². The minimum absolute atomic E-state index is 0.00385. The average molecular weight is 518 g/mol.